The molecule has 0 saturated carbocycles. The quantitative estimate of drug-likeness (QED) is 0.623. The molecule has 0 bridgehead atoms. The molecule has 1 N–H and O–H groups in total. The summed E-state index contributed by atoms with van der Waals surface area (Å²) in [5.41, 5.74) is 1.28. The third-order valence-electron chi connectivity index (χ3n) is 2.90. The number of benzene rings is 1. The van der Waals surface area contributed by atoms with Crippen molar-refractivity contribution in [3.63, 3.8) is 0 Å². The molecule has 0 unspecified atom stereocenters. The minimum Gasteiger partial charge on any atom is -0.507 e. The SMILES string of the molecule is Cc1c(O)cc([N+](=O)[O-])cc1N1CCOCC1. The smallest absolute Gasteiger partial charge is 0.275 e. The Kier molecular flexibility index (Phi) is 3.14. The van der Waals surface area contributed by atoms with Crippen LogP contribution in [0.5, 0.6) is 5.75 Å². The van der Waals surface area contributed by atoms with E-state index in [1.54, 1.807) is 6.92 Å². The van der Waals surface area contributed by atoms with E-state index in [1.165, 1.54) is 12.1 Å². The zero-order valence-corrected chi connectivity index (χ0v) is 9.55. The molecular formula is C11H14N2O4. The van der Waals surface area contributed by atoms with Crippen LogP contribution >= 0.6 is 0 Å². The van der Waals surface area contributed by atoms with Gasteiger partial charge in [0, 0.05) is 24.7 Å². The van der Waals surface area contributed by atoms with Crippen LogP contribution in [0.3, 0.4) is 0 Å². The topological polar surface area (TPSA) is 75.8 Å². The standard InChI is InChI=1S/C11H14N2O4/c1-8-10(12-2-4-17-5-3-12)6-9(13(15)16)7-11(8)14/h6-7,14H,2-5H2,1H3. The molecule has 2 rings (SSSR count). The normalized spacial score (nSPS) is 15.9. The van der Waals surface area contributed by atoms with Crippen molar-refractivity contribution in [3.05, 3.63) is 27.8 Å². The molecule has 0 aliphatic carbocycles. The van der Waals surface area contributed by atoms with Crippen LogP contribution < -0.4 is 4.90 Å². The third-order valence-corrected chi connectivity index (χ3v) is 2.90. The van der Waals surface area contributed by atoms with Crippen LogP contribution in [0.25, 0.3) is 0 Å². The van der Waals surface area contributed by atoms with Crippen LogP contribution in [-0.2, 0) is 4.74 Å². The number of anilines is 1. The summed E-state index contributed by atoms with van der Waals surface area (Å²) in [5.74, 6) is -0.0410. The molecule has 6 heteroatoms. The number of hydrogen-bond donors (Lipinski definition) is 1. The van der Waals surface area contributed by atoms with Gasteiger partial charge < -0.3 is 14.7 Å². The summed E-state index contributed by atoms with van der Waals surface area (Å²) < 4.78 is 5.23. The van der Waals surface area contributed by atoms with Crippen molar-refractivity contribution < 1.29 is 14.8 Å². The Labute approximate surface area is 98.6 Å². The molecule has 1 aromatic carbocycles. The fraction of sp³-hybridized carbons (Fsp3) is 0.455. The summed E-state index contributed by atoms with van der Waals surface area (Å²) in [6, 6.07) is 2.68. The van der Waals surface area contributed by atoms with Crippen LogP contribution in [-0.4, -0.2) is 36.3 Å². The number of nitrogens with zero attached hydrogens (tertiary/aromatic N) is 2. The fourth-order valence-corrected chi connectivity index (χ4v) is 1.91. The van der Waals surface area contributed by atoms with E-state index in [4.69, 9.17) is 4.74 Å². The largest absolute Gasteiger partial charge is 0.507 e. The van der Waals surface area contributed by atoms with Gasteiger partial charge in [0.2, 0.25) is 0 Å². The Morgan fingerprint density at radius 2 is 2.06 bits per heavy atom. The van der Waals surface area contributed by atoms with Gasteiger partial charge in [0.15, 0.2) is 0 Å². The first-order valence-corrected chi connectivity index (χ1v) is 5.40. The molecule has 1 aromatic rings. The van der Waals surface area contributed by atoms with Gasteiger partial charge in [-0.2, -0.15) is 0 Å². The van der Waals surface area contributed by atoms with Gasteiger partial charge >= 0.3 is 0 Å². The maximum absolute atomic E-state index is 10.8. The van der Waals surface area contributed by atoms with Crippen LogP contribution in [0.2, 0.25) is 0 Å². The molecule has 0 radical (unpaired) electrons. The molecule has 0 atom stereocenters. The van der Waals surface area contributed by atoms with Gasteiger partial charge in [-0.05, 0) is 6.92 Å². The second-order valence-corrected chi connectivity index (χ2v) is 3.97. The van der Waals surface area contributed by atoms with Crippen molar-refractivity contribution in [3.8, 4) is 5.75 Å². The van der Waals surface area contributed by atoms with Gasteiger partial charge in [-0.3, -0.25) is 10.1 Å². The molecule has 0 amide bonds. The van der Waals surface area contributed by atoms with E-state index in [2.05, 4.69) is 0 Å². The van der Waals surface area contributed by atoms with Crippen molar-refractivity contribution in [1.29, 1.82) is 0 Å². The first kappa shape index (κ1) is 11.7. The fourth-order valence-electron chi connectivity index (χ4n) is 1.91. The van der Waals surface area contributed by atoms with Gasteiger partial charge in [-0.15, -0.1) is 0 Å². The van der Waals surface area contributed by atoms with E-state index >= 15 is 0 Å². The average molecular weight is 238 g/mol. The van der Waals surface area contributed by atoms with Crippen molar-refractivity contribution in [1.82, 2.24) is 0 Å². The zero-order valence-electron chi connectivity index (χ0n) is 9.55. The third kappa shape index (κ3) is 2.31. The Morgan fingerprint density at radius 1 is 1.41 bits per heavy atom. The molecule has 1 fully saturated rings. The Balaban J connectivity index is 2.40. The highest BCUT2D eigenvalue weighted by Gasteiger charge is 2.19. The number of non-ortho nitro benzene ring substituents is 1. The monoisotopic (exact) mass is 238 g/mol. The number of ether oxygens (including phenoxy) is 1. The predicted molar refractivity (Wildman–Crippen MR) is 62.5 cm³/mol. The summed E-state index contributed by atoms with van der Waals surface area (Å²) in [6.45, 7) is 4.32. The van der Waals surface area contributed by atoms with E-state index in [0.29, 0.717) is 37.6 Å². The van der Waals surface area contributed by atoms with Crippen molar-refractivity contribution >= 4 is 11.4 Å². The Hall–Kier alpha value is -1.82. The van der Waals surface area contributed by atoms with Crippen LogP contribution in [0.1, 0.15) is 5.56 Å². The molecule has 0 aromatic heterocycles. The lowest BCUT2D eigenvalue weighted by Crippen LogP contribution is -2.36. The molecular weight excluding hydrogens is 224 g/mol. The van der Waals surface area contributed by atoms with E-state index in [0.717, 1.165) is 0 Å². The lowest BCUT2D eigenvalue weighted by molar-refractivity contribution is -0.384. The van der Waals surface area contributed by atoms with E-state index < -0.39 is 4.92 Å². The highest BCUT2D eigenvalue weighted by Crippen LogP contribution is 2.33. The van der Waals surface area contributed by atoms with Crippen LogP contribution in [0.15, 0.2) is 12.1 Å². The summed E-state index contributed by atoms with van der Waals surface area (Å²) >= 11 is 0. The van der Waals surface area contributed by atoms with Crippen molar-refractivity contribution in [2.24, 2.45) is 0 Å². The number of aromatic hydroxyl groups is 1. The van der Waals surface area contributed by atoms with Crippen molar-refractivity contribution in [2.75, 3.05) is 31.2 Å². The van der Waals surface area contributed by atoms with Gasteiger partial charge in [0.05, 0.1) is 29.9 Å². The van der Waals surface area contributed by atoms with Gasteiger partial charge in [-0.25, -0.2) is 0 Å². The first-order valence-electron chi connectivity index (χ1n) is 5.40. The Bertz CT molecular complexity index is 441. The van der Waals surface area contributed by atoms with Gasteiger partial charge in [-0.1, -0.05) is 0 Å². The summed E-state index contributed by atoms with van der Waals surface area (Å²) in [6.07, 6.45) is 0. The number of nitro benzene ring substituents is 1. The highest BCUT2D eigenvalue weighted by molar-refractivity contribution is 5.64. The van der Waals surface area contributed by atoms with E-state index in [9.17, 15) is 15.2 Å². The molecule has 92 valence electrons. The minimum absolute atomic E-state index is 0.0410. The molecule has 17 heavy (non-hydrogen) atoms. The molecule has 6 nitrogen and oxygen atoms in total. The van der Waals surface area contributed by atoms with Crippen LogP contribution in [0, 0.1) is 17.0 Å². The molecule has 1 saturated heterocycles. The molecule has 1 aliphatic rings. The molecule has 1 aliphatic heterocycles. The lowest BCUT2D eigenvalue weighted by Gasteiger charge is -2.30. The first-order chi connectivity index (χ1) is 8.09. The average Bonchev–Trinajstić information content (AvgIpc) is 2.33. The second-order valence-electron chi connectivity index (χ2n) is 3.97. The van der Waals surface area contributed by atoms with Crippen LogP contribution in [0.4, 0.5) is 11.4 Å². The number of hydrogen-bond acceptors (Lipinski definition) is 5. The van der Waals surface area contributed by atoms with Gasteiger partial charge in [0.1, 0.15) is 5.75 Å². The maximum Gasteiger partial charge on any atom is 0.275 e. The number of morpholine rings is 1. The number of phenols is 1. The highest BCUT2D eigenvalue weighted by atomic mass is 16.6. The maximum atomic E-state index is 10.8. The molecule has 0 spiro atoms. The molecule has 1 heterocycles. The van der Waals surface area contributed by atoms with Crippen molar-refractivity contribution in [2.45, 2.75) is 6.92 Å². The summed E-state index contributed by atoms with van der Waals surface area (Å²) in [4.78, 5) is 12.2. The zero-order chi connectivity index (χ0) is 12.4. The summed E-state index contributed by atoms with van der Waals surface area (Å²) in [7, 11) is 0. The lowest BCUT2D eigenvalue weighted by atomic mass is 10.1. The van der Waals surface area contributed by atoms with E-state index in [1.807, 2.05) is 4.90 Å². The number of nitro groups is 1. The minimum atomic E-state index is -0.497. The van der Waals surface area contributed by atoms with E-state index in [-0.39, 0.29) is 11.4 Å². The Morgan fingerprint density at radius 3 is 2.65 bits per heavy atom. The van der Waals surface area contributed by atoms with Gasteiger partial charge in [0.25, 0.3) is 5.69 Å². The second kappa shape index (κ2) is 4.58. The predicted octanol–water partition coefficient (Wildman–Crippen LogP) is 1.45. The number of phenolic OH excluding ortho intramolecular Hbond substituents is 1. The summed E-state index contributed by atoms with van der Waals surface area (Å²) in [5, 5.41) is 20.4. The number of rotatable bonds is 2.